The van der Waals surface area contributed by atoms with Gasteiger partial charge in [-0.05, 0) is 59.8 Å². The van der Waals surface area contributed by atoms with E-state index in [1.165, 1.54) is 11.1 Å². The number of benzene rings is 2. The molecule has 2 aromatic rings. The maximum Gasteiger partial charge on any atom is 0.407 e. The van der Waals surface area contributed by atoms with Crippen LogP contribution in [0.1, 0.15) is 56.1 Å². The van der Waals surface area contributed by atoms with Crippen LogP contribution >= 0.6 is 0 Å². The second-order valence-electron chi connectivity index (χ2n) is 11.1. The molecule has 3 aliphatic carbocycles. The number of carboxylic acid groups (broad SMARTS) is 1. The minimum Gasteiger partial charge on any atom is -0.479 e. The Morgan fingerprint density at radius 2 is 1.66 bits per heavy atom. The lowest BCUT2D eigenvalue weighted by Crippen LogP contribution is -2.57. The number of ether oxygens (including phenoxy) is 1. The molecular weight excluding hydrogens is 444 g/mol. The summed E-state index contributed by atoms with van der Waals surface area (Å²) in [7, 11) is 0. The van der Waals surface area contributed by atoms with Gasteiger partial charge in [0.15, 0.2) is 0 Å². The molecule has 2 aliphatic heterocycles. The largest absolute Gasteiger partial charge is 0.479 e. The van der Waals surface area contributed by atoms with Crippen LogP contribution in [0, 0.1) is 11.3 Å². The number of nitrogens with zero attached hydrogens (tertiary/aromatic N) is 1. The van der Waals surface area contributed by atoms with Gasteiger partial charge in [0, 0.05) is 24.4 Å². The molecule has 4 fully saturated rings. The topological polar surface area (TPSA) is 95.9 Å². The highest BCUT2D eigenvalue weighted by Crippen LogP contribution is 2.59. The number of rotatable bonds is 5. The molecule has 0 radical (unpaired) electrons. The van der Waals surface area contributed by atoms with E-state index < -0.39 is 17.6 Å². The first-order valence-electron chi connectivity index (χ1n) is 12.5. The van der Waals surface area contributed by atoms with E-state index in [0.717, 1.165) is 11.1 Å². The predicted octanol–water partition coefficient (Wildman–Crippen LogP) is 4.16. The summed E-state index contributed by atoms with van der Waals surface area (Å²) in [5.41, 5.74) is 3.59. The number of carbonyl (C=O) groups is 3. The standard InChI is InChI=1S/C28H30N2O5/c1-27-14-28(15-27,25(32)33)30(16-27)24(31)17-10-11-18(12-17)29-26(34)35-13-23-21-8-4-2-6-19(21)20-7-3-5-9-22(20)23/h2-9,17-18,23H,10-16H2,1H3,(H,29,34)(H,32,33)/t17-,18+,27?,28?/m1/s1. The van der Waals surface area contributed by atoms with Crippen LogP contribution in [0.4, 0.5) is 4.79 Å². The zero-order chi connectivity index (χ0) is 24.4. The average molecular weight is 475 g/mol. The summed E-state index contributed by atoms with van der Waals surface area (Å²) < 4.78 is 5.66. The zero-order valence-corrected chi connectivity index (χ0v) is 19.8. The van der Waals surface area contributed by atoms with Crippen LogP contribution in [-0.2, 0) is 14.3 Å². The van der Waals surface area contributed by atoms with Crippen LogP contribution in [0.2, 0.25) is 0 Å². The Hall–Kier alpha value is -3.35. The maximum absolute atomic E-state index is 13.2. The lowest BCUT2D eigenvalue weighted by atomic mass is 9.63. The van der Waals surface area contributed by atoms with Gasteiger partial charge in [0.2, 0.25) is 5.91 Å². The van der Waals surface area contributed by atoms with Gasteiger partial charge in [-0.3, -0.25) is 4.79 Å². The van der Waals surface area contributed by atoms with Crippen molar-refractivity contribution in [2.45, 2.75) is 56.5 Å². The van der Waals surface area contributed by atoms with Crippen molar-refractivity contribution >= 4 is 18.0 Å². The van der Waals surface area contributed by atoms with E-state index in [-0.39, 0.29) is 35.8 Å². The van der Waals surface area contributed by atoms with Gasteiger partial charge in [0.1, 0.15) is 12.1 Å². The minimum atomic E-state index is -1.02. The van der Waals surface area contributed by atoms with E-state index in [9.17, 15) is 19.5 Å². The number of hydrogen-bond acceptors (Lipinski definition) is 4. The number of carboxylic acids is 1. The van der Waals surface area contributed by atoms with E-state index in [2.05, 4.69) is 36.5 Å². The van der Waals surface area contributed by atoms with Crippen LogP contribution in [0.5, 0.6) is 0 Å². The first-order valence-corrected chi connectivity index (χ1v) is 12.5. The predicted molar refractivity (Wildman–Crippen MR) is 129 cm³/mol. The van der Waals surface area contributed by atoms with Crippen molar-refractivity contribution in [1.82, 2.24) is 10.2 Å². The summed E-state index contributed by atoms with van der Waals surface area (Å²) in [5, 5.41) is 12.7. The van der Waals surface area contributed by atoms with Crippen molar-refractivity contribution in [1.29, 1.82) is 0 Å². The summed E-state index contributed by atoms with van der Waals surface area (Å²) in [5.74, 6) is -1.23. The lowest BCUT2D eigenvalue weighted by molar-refractivity contribution is -0.161. The second-order valence-corrected chi connectivity index (χ2v) is 11.1. The maximum atomic E-state index is 13.2. The summed E-state index contributed by atoms with van der Waals surface area (Å²) in [6.07, 6.45) is 2.46. The van der Waals surface area contributed by atoms with Crippen molar-refractivity contribution < 1.29 is 24.2 Å². The van der Waals surface area contributed by atoms with Crippen molar-refractivity contribution in [3.05, 3.63) is 59.7 Å². The van der Waals surface area contributed by atoms with Gasteiger partial charge >= 0.3 is 12.1 Å². The molecule has 2 heterocycles. The molecule has 2 saturated heterocycles. The van der Waals surface area contributed by atoms with E-state index in [1.54, 1.807) is 4.90 Å². The number of amides is 2. The highest BCUT2D eigenvalue weighted by atomic mass is 16.5. The monoisotopic (exact) mass is 474 g/mol. The molecule has 7 heteroatoms. The molecular formula is C28H30N2O5. The number of hydrogen-bond donors (Lipinski definition) is 2. The van der Waals surface area contributed by atoms with Crippen molar-refractivity contribution in [2.75, 3.05) is 13.2 Å². The Balaban J connectivity index is 1.05. The zero-order valence-electron chi connectivity index (χ0n) is 19.8. The fourth-order valence-corrected chi connectivity index (χ4v) is 7.12. The molecule has 7 nitrogen and oxygen atoms in total. The van der Waals surface area contributed by atoms with Crippen LogP contribution in [0.3, 0.4) is 0 Å². The van der Waals surface area contributed by atoms with Gasteiger partial charge in [-0.1, -0.05) is 55.5 Å². The van der Waals surface area contributed by atoms with Gasteiger partial charge < -0.3 is 20.1 Å². The summed E-state index contributed by atoms with van der Waals surface area (Å²) in [4.78, 5) is 39.4. The molecule has 5 aliphatic rings. The molecule has 2 aromatic carbocycles. The van der Waals surface area contributed by atoms with Crippen LogP contribution in [-0.4, -0.2) is 52.7 Å². The smallest absolute Gasteiger partial charge is 0.407 e. The summed E-state index contributed by atoms with van der Waals surface area (Å²) in [6.45, 7) is 2.82. The Morgan fingerprint density at radius 3 is 2.29 bits per heavy atom. The van der Waals surface area contributed by atoms with Gasteiger partial charge in [-0.25, -0.2) is 9.59 Å². The normalized spacial score (nSPS) is 30.4. The molecule has 0 aromatic heterocycles. The van der Waals surface area contributed by atoms with E-state index in [0.29, 0.717) is 38.6 Å². The Bertz CT molecular complexity index is 1170. The fraction of sp³-hybridized carbons (Fsp3) is 0.464. The van der Waals surface area contributed by atoms with E-state index in [1.807, 2.05) is 24.3 Å². The molecule has 2 N–H and O–H groups in total. The number of aliphatic carboxylic acids is 1. The van der Waals surface area contributed by atoms with Crippen molar-refractivity contribution in [3.8, 4) is 11.1 Å². The first kappa shape index (κ1) is 22.1. The number of carbonyl (C=O) groups excluding carboxylic acids is 2. The minimum absolute atomic E-state index is 0.00119. The van der Waals surface area contributed by atoms with Crippen LogP contribution in [0.15, 0.2) is 48.5 Å². The highest BCUT2D eigenvalue weighted by Gasteiger charge is 2.69. The number of fused-ring (bicyclic) bond motifs is 4. The molecule has 2 atom stereocenters. The van der Waals surface area contributed by atoms with E-state index >= 15 is 0 Å². The highest BCUT2D eigenvalue weighted by molar-refractivity contribution is 5.91. The third-order valence-electron chi connectivity index (χ3n) is 8.61. The molecule has 0 spiro atoms. The van der Waals surface area contributed by atoms with Gasteiger partial charge in [-0.15, -0.1) is 0 Å². The number of alkyl carbamates (subject to hydrolysis) is 1. The molecule has 2 amide bonds. The molecule has 0 unspecified atom stereocenters. The quantitative estimate of drug-likeness (QED) is 0.679. The third kappa shape index (κ3) is 3.43. The van der Waals surface area contributed by atoms with Crippen LogP contribution in [0.25, 0.3) is 11.1 Å². The molecule has 35 heavy (non-hydrogen) atoms. The summed E-state index contributed by atoms with van der Waals surface area (Å²) in [6, 6.07) is 16.3. The molecule has 2 saturated carbocycles. The molecule has 2 bridgehead atoms. The van der Waals surface area contributed by atoms with Crippen LogP contribution < -0.4 is 5.32 Å². The summed E-state index contributed by atoms with van der Waals surface area (Å²) >= 11 is 0. The fourth-order valence-electron chi connectivity index (χ4n) is 7.12. The second kappa shape index (κ2) is 7.83. The first-order chi connectivity index (χ1) is 16.8. The third-order valence-corrected chi connectivity index (χ3v) is 8.61. The average Bonchev–Trinajstić information content (AvgIpc) is 3.56. The molecule has 182 valence electrons. The van der Waals surface area contributed by atoms with Gasteiger partial charge in [-0.2, -0.15) is 0 Å². The van der Waals surface area contributed by atoms with Gasteiger partial charge in [0.25, 0.3) is 0 Å². The Labute approximate surface area is 204 Å². The van der Waals surface area contributed by atoms with Crippen molar-refractivity contribution in [2.24, 2.45) is 11.3 Å². The lowest BCUT2D eigenvalue weighted by Gasteiger charge is -2.43. The Kier molecular flexibility index (Phi) is 4.95. The SMILES string of the molecule is CC12CN(C(=O)[C@@H]3CC[C@H](NC(=O)OCC4c5ccccc5-c5ccccc54)C3)C(C(=O)O)(C1)C2. The van der Waals surface area contributed by atoms with Gasteiger partial charge in [0.05, 0.1) is 0 Å². The van der Waals surface area contributed by atoms with Crippen molar-refractivity contribution in [3.63, 3.8) is 0 Å². The Morgan fingerprint density at radius 1 is 1.03 bits per heavy atom. The molecule has 7 rings (SSSR count). The number of nitrogens with one attached hydrogen (secondary N) is 1. The van der Waals surface area contributed by atoms with E-state index in [4.69, 9.17) is 4.74 Å².